The molecule has 311 valence electrons. The first-order chi connectivity index (χ1) is 30.3. The summed E-state index contributed by atoms with van der Waals surface area (Å²) >= 11 is 0. The minimum Gasteiger partial charge on any atom is -0.500 e. The summed E-state index contributed by atoms with van der Waals surface area (Å²) in [4.78, 5) is 9.54. The van der Waals surface area contributed by atoms with Crippen LogP contribution in [0.3, 0.4) is 0 Å². The van der Waals surface area contributed by atoms with Gasteiger partial charge in [0.25, 0.3) is 0 Å². The fourth-order valence-corrected chi connectivity index (χ4v) is 8.60. The van der Waals surface area contributed by atoms with E-state index in [4.69, 9.17) is 13.8 Å². The fourth-order valence-electron chi connectivity index (χ4n) is 8.60. The fraction of sp³-hybridized carbons (Fsp3) is 0.123. The average Bonchev–Trinajstić information content (AvgIpc) is 3.99. The number of para-hydroxylation sites is 2. The maximum Gasteiger partial charge on any atom is 0.138 e. The molecule has 4 heterocycles. The molecule has 0 aliphatic rings. The van der Waals surface area contributed by atoms with Gasteiger partial charge in [0.2, 0.25) is 0 Å². The molecule has 0 spiro atoms. The van der Waals surface area contributed by atoms with Crippen LogP contribution in [0.2, 0.25) is 0 Å². The van der Waals surface area contributed by atoms with Crippen LogP contribution in [0.4, 0.5) is 0 Å². The van der Waals surface area contributed by atoms with Gasteiger partial charge in [-0.05, 0) is 83.1 Å². The number of aryl methyl sites for hydroxylation is 1. The van der Waals surface area contributed by atoms with Crippen LogP contribution in [0.5, 0.6) is 0 Å². The number of rotatable bonds is 7. The SMILES string of the molecule is Cc1c(-c2ccccc2)oc2cc3oc4c(-c5nc6ccccc6n5-c5c(C(C)C)cc(-c6ccccc6)cc5C(C)C)[c-]ccc4c3cc12.[Ir].[c-]1ccccc1-c1ccccn1. The first-order valence-electron chi connectivity index (χ1n) is 21.3. The van der Waals surface area contributed by atoms with E-state index in [1.165, 1.54) is 27.9 Å². The Morgan fingerprint density at radius 3 is 1.92 bits per heavy atom. The number of aromatic nitrogens is 3. The van der Waals surface area contributed by atoms with Gasteiger partial charge >= 0.3 is 0 Å². The van der Waals surface area contributed by atoms with E-state index in [1.54, 1.807) is 6.20 Å². The van der Waals surface area contributed by atoms with Gasteiger partial charge in [-0.25, -0.2) is 0 Å². The molecule has 0 amide bonds. The van der Waals surface area contributed by atoms with E-state index in [1.807, 2.05) is 72.8 Å². The molecule has 7 aromatic carbocycles. The molecule has 0 fully saturated rings. The summed E-state index contributed by atoms with van der Waals surface area (Å²) in [5.74, 6) is 2.25. The summed E-state index contributed by atoms with van der Waals surface area (Å²) < 4.78 is 15.6. The minimum absolute atomic E-state index is 0. The van der Waals surface area contributed by atoms with Gasteiger partial charge in [-0.3, -0.25) is 4.98 Å². The summed E-state index contributed by atoms with van der Waals surface area (Å²) in [6.07, 6.45) is 1.79. The molecule has 0 bridgehead atoms. The number of hydrogen-bond donors (Lipinski definition) is 0. The van der Waals surface area contributed by atoms with Crippen molar-refractivity contribution in [3.05, 3.63) is 199 Å². The molecule has 0 saturated heterocycles. The number of furan rings is 2. The first-order valence-corrected chi connectivity index (χ1v) is 21.3. The van der Waals surface area contributed by atoms with Crippen molar-refractivity contribution < 1.29 is 28.9 Å². The van der Waals surface area contributed by atoms with Crippen molar-refractivity contribution >= 4 is 43.9 Å². The topological polar surface area (TPSA) is 57.0 Å². The molecular weight excluding hydrogens is 951 g/mol. The van der Waals surface area contributed by atoms with Gasteiger partial charge in [-0.1, -0.05) is 124 Å². The standard InChI is InChI=1S/C46H37N2O2.C11H8N.Ir/c1-27(2)35-23-32(30-15-8-6-9-16-30)24-36(28(3)4)43(35)48-40-22-13-12-21-39(40)47-46(48)34-20-14-19-33-38-25-37-29(5)44(31-17-10-7-11-18-31)49-41(37)26-42(38)50-45(33)34;1-2-6-10(7-3-1)11-8-4-5-9-12-11;/h6-19,21-28H,1-5H3;1-6,8-9H;/q2*-1;. The van der Waals surface area contributed by atoms with Crippen molar-refractivity contribution in [3.8, 4) is 50.8 Å². The van der Waals surface area contributed by atoms with Gasteiger partial charge in [-0.15, -0.1) is 54.1 Å². The van der Waals surface area contributed by atoms with Gasteiger partial charge < -0.3 is 18.4 Å². The Kier molecular flexibility index (Phi) is 11.5. The zero-order chi connectivity index (χ0) is 42.3. The molecule has 0 atom stereocenters. The molecule has 11 aromatic rings. The number of benzene rings is 7. The third kappa shape index (κ3) is 7.71. The van der Waals surface area contributed by atoms with Crippen LogP contribution in [0.25, 0.3) is 94.7 Å². The third-order valence-electron chi connectivity index (χ3n) is 11.7. The molecule has 0 unspecified atom stereocenters. The van der Waals surface area contributed by atoms with Crippen LogP contribution in [0.15, 0.2) is 179 Å². The molecule has 0 aliphatic heterocycles. The third-order valence-corrected chi connectivity index (χ3v) is 11.7. The van der Waals surface area contributed by atoms with E-state index < -0.39 is 0 Å². The van der Waals surface area contributed by atoms with Crippen molar-refractivity contribution in [1.82, 2.24) is 14.5 Å². The zero-order valence-corrected chi connectivity index (χ0v) is 38.2. The van der Waals surface area contributed by atoms with Crippen molar-refractivity contribution in [2.75, 3.05) is 0 Å². The van der Waals surface area contributed by atoms with E-state index in [0.29, 0.717) is 0 Å². The van der Waals surface area contributed by atoms with Crippen molar-refractivity contribution in [2.45, 2.75) is 46.5 Å². The quantitative estimate of drug-likeness (QED) is 0.149. The second kappa shape index (κ2) is 17.5. The Labute approximate surface area is 381 Å². The number of nitrogens with zero attached hydrogens (tertiary/aromatic N) is 3. The Bertz CT molecular complexity index is 3280. The molecule has 5 nitrogen and oxygen atoms in total. The Balaban J connectivity index is 0.000000335. The van der Waals surface area contributed by atoms with Gasteiger partial charge in [0.05, 0.1) is 22.4 Å². The maximum absolute atomic E-state index is 6.78. The van der Waals surface area contributed by atoms with E-state index in [2.05, 4.69) is 147 Å². The summed E-state index contributed by atoms with van der Waals surface area (Å²) in [7, 11) is 0. The second-order valence-electron chi connectivity index (χ2n) is 16.4. The van der Waals surface area contributed by atoms with E-state index >= 15 is 0 Å². The summed E-state index contributed by atoms with van der Waals surface area (Å²) in [6, 6.07) is 62.9. The number of fused-ring (bicyclic) bond motifs is 5. The zero-order valence-electron chi connectivity index (χ0n) is 35.8. The van der Waals surface area contributed by atoms with E-state index in [9.17, 15) is 0 Å². The Morgan fingerprint density at radius 2 is 1.24 bits per heavy atom. The monoisotopic (exact) mass is 996 g/mol. The first kappa shape index (κ1) is 41.5. The molecule has 6 heteroatoms. The largest absolute Gasteiger partial charge is 0.500 e. The molecule has 4 aromatic heterocycles. The summed E-state index contributed by atoms with van der Waals surface area (Å²) in [5, 5.41) is 3.16. The molecule has 0 aliphatic carbocycles. The predicted octanol–water partition coefficient (Wildman–Crippen LogP) is 15.6. The number of pyridine rings is 1. The molecular formula is C57H45IrN3O2-2. The maximum atomic E-state index is 6.78. The summed E-state index contributed by atoms with van der Waals surface area (Å²) in [6.45, 7) is 11.3. The van der Waals surface area contributed by atoms with Gasteiger partial charge in [0.15, 0.2) is 0 Å². The van der Waals surface area contributed by atoms with Gasteiger partial charge in [-0.2, -0.15) is 0 Å². The smallest absolute Gasteiger partial charge is 0.138 e. The van der Waals surface area contributed by atoms with Crippen LogP contribution in [0, 0.1) is 19.1 Å². The normalized spacial score (nSPS) is 11.4. The van der Waals surface area contributed by atoms with Crippen LogP contribution in [-0.2, 0) is 20.1 Å². The summed E-state index contributed by atoms with van der Waals surface area (Å²) in [5.41, 5.74) is 15.6. The minimum atomic E-state index is 0. The molecule has 1 radical (unpaired) electrons. The van der Waals surface area contributed by atoms with Gasteiger partial charge in [0, 0.05) is 60.0 Å². The molecule has 63 heavy (non-hydrogen) atoms. The van der Waals surface area contributed by atoms with Crippen molar-refractivity contribution in [1.29, 1.82) is 0 Å². The van der Waals surface area contributed by atoms with Gasteiger partial charge in [0.1, 0.15) is 16.9 Å². The molecule has 0 saturated carbocycles. The number of hydrogen-bond acceptors (Lipinski definition) is 4. The number of imidazole rings is 1. The Hall–Kier alpha value is -6.85. The van der Waals surface area contributed by atoms with E-state index in [0.717, 1.165) is 83.5 Å². The van der Waals surface area contributed by atoms with Crippen LogP contribution in [0.1, 0.15) is 56.2 Å². The second-order valence-corrected chi connectivity index (χ2v) is 16.4. The molecule has 0 N–H and O–H groups in total. The van der Waals surface area contributed by atoms with Crippen molar-refractivity contribution in [2.24, 2.45) is 0 Å². The van der Waals surface area contributed by atoms with E-state index in [-0.39, 0.29) is 31.9 Å². The average molecular weight is 996 g/mol. The predicted molar refractivity (Wildman–Crippen MR) is 255 cm³/mol. The van der Waals surface area contributed by atoms with Crippen LogP contribution < -0.4 is 0 Å². The Morgan fingerprint density at radius 1 is 0.571 bits per heavy atom. The van der Waals surface area contributed by atoms with Crippen LogP contribution in [-0.4, -0.2) is 14.5 Å². The molecule has 11 rings (SSSR count). The van der Waals surface area contributed by atoms with Crippen molar-refractivity contribution in [3.63, 3.8) is 0 Å². The van der Waals surface area contributed by atoms with Crippen LogP contribution >= 0.6 is 0 Å².